The number of amides is 1. The lowest BCUT2D eigenvalue weighted by Gasteiger charge is -2.34. The highest BCUT2D eigenvalue weighted by molar-refractivity contribution is 5.83. The highest BCUT2D eigenvalue weighted by Gasteiger charge is 2.25. The van der Waals surface area contributed by atoms with Crippen LogP contribution in [0.25, 0.3) is 0 Å². The third-order valence-corrected chi connectivity index (χ3v) is 3.02. The fourth-order valence-electron chi connectivity index (χ4n) is 2.21. The zero-order valence-electron chi connectivity index (χ0n) is 10.1. The second kappa shape index (κ2) is 5.52. The minimum absolute atomic E-state index is 0.0209. The number of hydrogen-bond acceptors (Lipinski definition) is 4. The topological polar surface area (TPSA) is 82.2 Å². The summed E-state index contributed by atoms with van der Waals surface area (Å²) in [5, 5.41) is 12.0. The van der Waals surface area contributed by atoms with E-state index in [4.69, 9.17) is 11.0 Å². The number of anilines is 1. The lowest BCUT2D eigenvalue weighted by Crippen LogP contribution is -2.54. The maximum absolute atomic E-state index is 11.7. The minimum Gasteiger partial charge on any atom is -0.359 e. The van der Waals surface area contributed by atoms with Gasteiger partial charge in [0.15, 0.2) is 0 Å². The first-order valence-corrected chi connectivity index (χ1v) is 5.98. The molecule has 0 aromatic heterocycles. The fraction of sp³-hybridized carbons (Fsp3) is 0.385. The van der Waals surface area contributed by atoms with Crippen LogP contribution >= 0.6 is 0 Å². The molecule has 1 aromatic carbocycles. The van der Waals surface area contributed by atoms with Crippen LogP contribution in [0.1, 0.15) is 12.0 Å². The Morgan fingerprint density at radius 2 is 2.28 bits per heavy atom. The van der Waals surface area contributed by atoms with Crippen LogP contribution in [0.2, 0.25) is 0 Å². The number of benzene rings is 1. The van der Waals surface area contributed by atoms with Crippen molar-refractivity contribution in [3.63, 3.8) is 0 Å². The Kier molecular flexibility index (Phi) is 3.80. The summed E-state index contributed by atoms with van der Waals surface area (Å²) in [6, 6.07) is 9.55. The number of rotatable bonds is 3. The second-order valence-electron chi connectivity index (χ2n) is 4.35. The van der Waals surface area contributed by atoms with Gasteiger partial charge in [0.05, 0.1) is 17.8 Å². The van der Waals surface area contributed by atoms with Crippen LogP contribution in [0.15, 0.2) is 24.3 Å². The zero-order valence-corrected chi connectivity index (χ0v) is 10.1. The molecular formula is C13H16N4O. The van der Waals surface area contributed by atoms with Crippen molar-refractivity contribution >= 4 is 11.6 Å². The molecule has 5 heteroatoms. The van der Waals surface area contributed by atoms with E-state index in [-0.39, 0.29) is 11.9 Å². The van der Waals surface area contributed by atoms with Crippen molar-refractivity contribution in [3.05, 3.63) is 29.8 Å². The molecule has 1 heterocycles. The number of piperazine rings is 1. The average molecular weight is 244 g/mol. The number of nitriles is 1. The summed E-state index contributed by atoms with van der Waals surface area (Å²) in [5.41, 5.74) is 6.94. The van der Waals surface area contributed by atoms with E-state index in [9.17, 15) is 4.79 Å². The molecule has 0 aliphatic carbocycles. The average Bonchev–Trinajstić information content (AvgIpc) is 2.38. The molecule has 5 nitrogen and oxygen atoms in total. The van der Waals surface area contributed by atoms with Gasteiger partial charge in [0.25, 0.3) is 0 Å². The van der Waals surface area contributed by atoms with Crippen molar-refractivity contribution < 1.29 is 4.79 Å². The Labute approximate surface area is 106 Å². The lowest BCUT2D eigenvalue weighted by molar-refractivity contribution is -0.121. The van der Waals surface area contributed by atoms with Crippen LogP contribution in [0.5, 0.6) is 0 Å². The number of carbonyl (C=O) groups is 1. The van der Waals surface area contributed by atoms with Gasteiger partial charge in [0.2, 0.25) is 5.91 Å². The summed E-state index contributed by atoms with van der Waals surface area (Å²) < 4.78 is 0. The molecule has 94 valence electrons. The quantitative estimate of drug-likeness (QED) is 0.796. The normalized spacial score (nSPS) is 19.2. The van der Waals surface area contributed by atoms with E-state index in [1.165, 1.54) is 0 Å². The number of hydrogen-bond donors (Lipinski definition) is 2. The molecule has 1 fully saturated rings. The molecule has 0 bridgehead atoms. The number of carbonyl (C=O) groups excluding carboxylic acids is 1. The summed E-state index contributed by atoms with van der Waals surface area (Å²) in [5.74, 6) is -0.0209. The van der Waals surface area contributed by atoms with Crippen LogP contribution in [-0.4, -0.2) is 31.6 Å². The molecule has 0 radical (unpaired) electrons. The largest absolute Gasteiger partial charge is 0.359 e. The molecule has 1 unspecified atom stereocenters. The number of para-hydroxylation sites is 1. The molecule has 2 rings (SSSR count). The smallest absolute Gasteiger partial charge is 0.239 e. The molecule has 3 N–H and O–H groups in total. The lowest BCUT2D eigenvalue weighted by atomic mass is 10.1. The van der Waals surface area contributed by atoms with E-state index in [1.807, 2.05) is 23.1 Å². The summed E-state index contributed by atoms with van der Waals surface area (Å²) in [6.07, 6.45) is 0.747. The van der Waals surface area contributed by atoms with E-state index >= 15 is 0 Å². The van der Waals surface area contributed by atoms with Gasteiger partial charge in [-0.25, -0.2) is 0 Å². The summed E-state index contributed by atoms with van der Waals surface area (Å²) >= 11 is 0. The van der Waals surface area contributed by atoms with Crippen molar-refractivity contribution in [1.82, 2.24) is 5.32 Å². The van der Waals surface area contributed by atoms with Crippen LogP contribution in [0, 0.1) is 11.3 Å². The molecular weight excluding hydrogens is 228 g/mol. The Hall–Kier alpha value is -2.06. The summed E-state index contributed by atoms with van der Waals surface area (Å²) in [6.45, 7) is 1.53. The monoisotopic (exact) mass is 244 g/mol. The molecule has 0 spiro atoms. The predicted molar refractivity (Wildman–Crippen MR) is 69.0 cm³/mol. The molecule has 1 aromatic rings. The van der Waals surface area contributed by atoms with E-state index in [0.717, 1.165) is 12.1 Å². The first kappa shape index (κ1) is 12.4. The fourth-order valence-corrected chi connectivity index (χ4v) is 2.21. The van der Waals surface area contributed by atoms with Gasteiger partial charge in [0.1, 0.15) is 6.07 Å². The molecule has 1 atom stereocenters. The maximum Gasteiger partial charge on any atom is 0.239 e. The first-order chi connectivity index (χ1) is 8.74. The van der Waals surface area contributed by atoms with E-state index in [1.54, 1.807) is 6.07 Å². The van der Waals surface area contributed by atoms with Gasteiger partial charge in [-0.15, -0.1) is 0 Å². The van der Waals surface area contributed by atoms with Gasteiger partial charge in [-0.2, -0.15) is 5.26 Å². The molecule has 1 amide bonds. The highest BCUT2D eigenvalue weighted by Crippen LogP contribution is 2.21. The van der Waals surface area contributed by atoms with Crippen LogP contribution in [0.4, 0.5) is 5.69 Å². The van der Waals surface area contributed by atoms with Crippen molar-refractivity contribution in [2.75, 3.05) is 24.5 Å². The Balaban J connectivity index is 2.22. The van der Waals surface area contributed by atoms with Gasteiger partial charge in [-0.1, -0.05) is 12.1 Å². The SMILES string of the molecule is N#Cc1ccccc1N1CC(=O)NC(CCN)C1. The molecule has 1 saturated heterocycles. The Morgan fingerprint density at radius 3 is 3.00 bits per heavy atom. The Bertz CT molecular complexity index is 480. The summed E-state index contributed by atoms with van der Waals surface area (Å²) in [7, 11) is 0. The van der Waals surface area contributed by atoms with Crippen molar-refractivity contribution in [3.8, 4) is 6.07 Å². The van der Waals surface area contributed by atoms with Gasteiger partial charge in [0, 0.05) is 12.6 Å². The zero-order chi connectivity index (χ0) is 13.0. The predicted octanol–water partition coefficient (Wildman–Crippen LogP) is 0.212. The van der Waals surface area contributed by atoms with E-state index in [2.05, 4.69) is 11.4 Å². The summed E-state index contributed by atoms with van der Waals surface area (Å²) in [4.78, 5) is 13.6. The second-order valence-corrected chi connectivity index (χ2v) is 4.35. The third-order valence-electron chi connectivity index (χ3n) is 3.02. The van der Waals surface area contributed by atoms with Crippen LogP contribution in [0.3, 0.4) is 0 Å². The maximum atomic E-state index is 11.7. The van der Waals surface area contributed by atoms with Gasteiger partial charge < -0.3 is 16.0 Å². The molecule has 1 aliphatic heterocycles. The number of nitrogens with zero attached hydrogens (tertiary/aromatic N) is 2. The number of nitrogens with two attached hydrogens (primary N) is 1. The number of nitrogens with one attached hydrogen (secondary N) is 1. The Morgan fingerprint density at radius 1 is 1.50 bits per heavy atom. The van der Waals surface area contributed by atoms with E-state index < -0.39 is 0 Å². The van der Waals surface area contributed by atoms with Crippen LogP contribution in [-0.2, 0) is 4.79 Å². The van der Waals surface area contributed by atoms with Crippen LogP contribution < -0.4 is 16.0 Å². The molecule has 0 saturated carbocycles. The van der Waals surface area contributed by atoms with Crippen molar-refractivity contribution in [2.24, 2.45) is 5.73 Å². The molecule has 18 heavy (non-hydrogen) atoms. The van der Waals surface area contributed by atoms with Gasteiger partial charge in [-0.05, 0) is 25.1 Å². The first-order valence-electron chi connectivity index (χ1n) is 5.98. The van der Waals surface area contributed by atoms with E-state index in [0.29, 0.717) is 25.2 Å². The molecule has 1 aliphatic rings. The third kappa shape index (κ3) is 2.60. The standard InChI is InChI=1S/C13H16N4O/c14-6-5-11-8-17(9-13(18)16-11)12-4-2-1-3-10(12)7-15/h1-4,11H,5-6,8-9,14H2,(H,16,18). The van der Waals surface area contributed by atoms with Crippen molar-refractivity contribution in [2.45, 2.75) is 12.5 Å². The van der Waals surface area contributed by atoms with Gasteiger partial charge >= 0.3 is 0 Å². The highest BCUT2D eigenvalue weighted by atomic mass is 16.2. The van der Waals surface area contributed by atoms with Crippen molar-refractivity contribution in [1.29, 1.82) is 5.26 Å². The van der Waals surface area contributed by atoms with Gasteiger partial charge in [-0.3, -0.25) is 4.79 Å². The minimum atomic E-state index is -0.0209.